The molecule has 1 heterocycles. The van der Waals surface area contributed by atoms with Crippen LogP contribution in [-0.2, 0) is 0 Å². The van der Waals surface area contributed by atoms with Crippen LogP contribution >= 0.6 is 11.6 Å². The van der Waals surface area contributed by atoms with Gasteiger partial charge < -0.3 is 4.98 Å². The van der Waals surface area contributed by atoms with Crippen LogP contribution in [0.3, 0.4) is 0 Å². The highest BCUT2D eigenvalue weighted by molar-refractivity contribution is 6.37. The number of ketones is 1. The lowest BCUT2D eigenvalue weighted by Gasteiger charge is -2.37. The number of hydrogen-bond donors (Lipinski definition) is 1. The van der Waals surface area contributed by atoms with Gasteiger partial charge in [0.25, 0.3) is 0 Å². The summed E-state index contributed by atoms with van der Waals surface area (Å²) >= 11 is 6.29. The second-order valence-corrected chi connectivity index (χ2v) is 6.92. The van der Waals surface area contributed by atoms with Gasteiger partial charge in [-0.05, 0) is 30.4 Å². The van der Waals surface area contributed by atoms with Crippen LogP contribution in [-0.4, -0.2) is 10.8 Å². The van der Waals surface area contributed by atoms with E-state index in [1.54, 1.807) is 0 Å². The zero-order valence-corrected chi connectivity index (χ0v) is 12.8. The Morgan fingerprint density at radius 1 is 1.35 bits per heavy atom. The van der Waals surface area contributed by atoms with Crippen molar-refractivity contribution in [1.82, 2.24) is 4.98 Å². The highest BCUT2D eigenvalue weighted by atomic mass is 35.5. The summed E-state index contributed by atoms with van der Waals surface area (Å²) in [7, 11) is 0. The maximum Gasteiger partial charge on any atom is 0.168 e. The van der Waals surface area contributed by atoms with Gasteiger partial charge in [-0.3, -0.25) is 4.79 Å². The van der Waals surface area contributed by atoms with Crippen LogP contribution in [0.15, 0.2) is 24.4 Å². The van der Waals surface area contributed by atoms with Crippen molar-refractivity contribution in [3.8, 4) is 0 Å². The van der Waals surface area contributed by atoms with Crippen molar-refractivity contribution in [1.29, 1.82) is 0 Å². The number of nitrogens with one attached hydrogen (secondary N) is 1. The average Bonchev–Trinajstić information content (AvgIpc) is 2.83. The number of rotatable bonds is 2. The molecule has 1 N–H and O–H groups in total. The van der Waals surface area contributed by atoms with Gasteiger partial charge in [-0.25, -0.2) is 0 Å². The molecule has 2 aromatic rings. The van der Waals surface area contributed by atoms with E-state index in [1.165, 1.54) is 6.42 Å². The molecule has 1 aliphatic carbocycles. The highest BCUT2D eigenvalue weighted by Crippen LogP contribution is 2.43. The van der Waals surface area contributed by atoms with E-state index in [0.717, 1.165) is 35.7 Å². The van der Waals surface area contributed by atoms with Crippen molar-refractivity contribution >= 4 is 28.3 Å². The highest BCUT2D eigenvalue weighted by Gasteiger charge is 2.38. The predicted molar refractivity (Wildman–Crippen MR) is 83.4 cm³/mol. The summed E-state index contributed by atoms with van der Waals surface area (Å²) in [6, 6.07) is 5.71. The Bertz CT molecular complexity index is 656. The van der Waals surface area contributed by atoms with E-state index in [1.807, 2.05) is 24.4 Å². The summed E-state index contributed by atoms with van der Waals surface area (Å²) < 4.78 is 0. The molecule has 1 fully saturated rings. The number of aromatic nitrogens is 1. The second-order valence-electron chi connectivity index (χ2n) is 6.52. The van der Waals surface area contributed by atoms with E-state index in [-0.39, 0.29) is 17.1 Å². The summed E-state index contributed by atoms with van der Waals surface area (Å²) in [6.45, 7) is 4.43. The Morgan fingerprint density at radius 2 is 2.15 bits per heavy atom. The Kier molecular flexibility index (Phi) is 3.37. The second kappa shape index (κ2) is 4.92. The molecule has 3 rings (SSSR count). The molecule has 1 unspecified atom stereocenters. The van der Waals surface area contributed by atoms with E-state index in [2.05, 4.69) is 18.8 Å². The molecule has 3 heteroatoms. The molecule has 0 spiro atoms. The molecule has 0 amide bonds. The fraction of sp³-hybridized carbons (Fsp3) is 0.471. The fourth-order valence-electron chi connectivity index (χ4n) is 3.50. The molecule has 1 aliphatic rings. The standard InChI is InChI=1S/C17H20ClNO/c1-17(2)9-4-3-6-12(17)16(20)11-10-19-14-8-5-7-13(18)15(11)14/h5,7-8,10,12,19H,3-4,6,9H2,1-2H3. The maximum absolute atomic E-state index is 13.0. The summed E-state index contributed by atoms with van der Waals surface area (Å²) in [4.78, 5) is 16.1. The van der Waals surface area contributed by atoms with Gasteiger partial charge in [-0.15, -0.1) is 0 Å². The number of fused-ring (bicyclic) bond motifs is 1. The molecule has 1 aromatic heterocycles. The molecule has 106 valence electrons. The molecule has 1 aromatic carbocycles. The Labute approximate surface area is 124 Å². The molecule has 2 nitrogen and oxygen atoms in total. The number of carbonyl (C=O) groups excluding carboxylic acids is 1. The Balaban J connectivity index is 2.05. The van der Waals surface area contributed by atoms with E-state index in [4.69, 9.17) is 11.6 Å². The van der Waals surface area contributed by atoms with E-state index < -0.39 is 0 Å². The number of Topliss-reactive ketones (excluding diaryl/α,β-unsaturated/α-hetero) is 1. The van der Waals surface area contributed by atoms with Crippen molar-refractivity contribution in [2.45, 2.75) is 39.5 Å². The first-order valence-electron chi connectivity index (χ1n) is 7.30. The molecular formula is C17H20ClNO. The zero-order chi connectivity index (χ0) is 14.3. The predicted octanol–water partition coefficient (Wildman–Crippen LogP) is 5.22. The first-order valence-corrected chi connectivity index (χ1v) is 7.68. The summed E-state index contributed by atoms with van der Waals surface area (Å²) in [5, 5.41) is 1.53. The minimum atomic E-state index is 0.0835. The van der Waals surface area contributed by atoms with Gasteiger partial charge in [0, 0.05) is 28.6 Å². The zero-order valence-electron chi connectivity index (χ0n) is 12.0. The SMILES string of the molecule is CC1(C)CCCCC1C(=O)c1c[nH]c2cccc(Cl)c12. The van der Waals surface area contributed by atoms with Crippen molar-refractivity contribution in [2.24, 2.45) is 11.3 Å². The Hall–Kier alpha value is -1.28. The van der Waals surface area contributed by atoms with E-state index >= 15 is 0 Å². The minimum Gasteiger partial charge on any atom is -0.360 e. The van der Waals surface area contributed by atoms with Crippen molar-refractivity contribution < 1.29 is 4.79 Å². The van der Waals surface area contributed by atoms with Crippen molar-refractivity contribution in [3.05, 3.63) is 35.0 Å². The number of aromatic amines is 1. The third kappa shape index (κ3) is 2.16. The quantitative estimate of drug-likeness (QED) is 0.755. The molecule has 0 bridgehead atoms. The normalized spacial score (nSPS) is 22.1. The van der Waals surface area contributed by atoms with Crippen molar-refractivity contribution in [2.75, 3.05) is 0 Å². The maximum atomic E-state index is 13.0. The van der Waals surface area contributed by atoms with Crippen LogP contribution in [0.2, 0.25) is 5.02 Å². The van der Waals surface area contributed by atoms with Gasteiger partial charge in [0.2, 0.25) is 0 Å². The Morgan fingerprint density at radius 3 is 2.90 bits per heavy atom. The van der Waals surface area contributed by atoms with Gasteiger partial charge in [0.15, 0.2) is 5.78 Å². The summed E-state index contributed by atoms with van der Waals surface area (Å²) in [6.07, 6.45) is 6.31. The lowest BCUT2D eigenvalue weighted by atomic mass is 9.66. The van der Waals surface area contributed by atoms with Crippen molar-refractivity contribution in [3.63, 3.8) is 0 Å². The number of halogens is 1. The molecule has 1 saturated carbocycles. The number of hydrogen-bond acceptors (Lipinski definition) is 1. The largest absolute Gasteiger partial charge is 0.360 e. The van der Waals surface area contributed by atoms with Crippen LogP contribution in [0.5, 0.6) is 0 Å². The third-order valence-electron chi connectivity index (χ3n) is 4.74. The van der Waals surface area contributed by atoms with Gasteiger partial charge in [-0.2, -0.15) is 0 Å². The first-order chi connectivity index (χ1) is 9.50. The average molecular weight is 290 g/mol. The van der Waals surface area contributed by atoms with Crippen LogP contribution in [0.25, 0.3) is 10.9 Å². The van der Waals surface area contributed by atoms with Crippen LogP contribution in [0.4, 0.5) is 0 Å². The van der Waals surface area contributed by atoms with Crippen LogP contribution in [0, 0.1) is 11.3 Å². The molecule has 20 heavy (non-hydrogen) atoms. The smallest absolute Gasteiger partial charge is 0.168 e. The van der Waals surface area contributed by atoms with Gasteiger partial charge in [0.1, 0.15) is 0 Å². The molecule has 0 aliphatic heterocycles. The van der Waals surface area contributed by atoms with Crippen LogP contribution in [0.1, 0.15) is 49.9 Å². The third-order valence-corrected chi connectivity index (χ3v) is 5.06. The topological polar surface area (TPSA) is 32.9 Å². The monoisotopic (exact) mass is 289 g/mol. The lowest BCUT2D eigenvalue weighted by molar-refractivity contribution is 0.0699. The van der Waals surface area contributed by atoms with Crippen LogP contribution < -0.4 is 0 Å². The lowest BCUT2D eigenvalue weighted by Crippen LogP contribution is -2.34. The first kappa shape index (κ1) is 13.7. The molecule has 0 saturated heterocycles. The number of H-pyrrole nitrogens is 1. The van der Waals surface area contributed by atoms with E-state index in [9.17, 15) is 4.79 Å². The van der Waals surface area contributed by atoms with E-state index in [0.29, 0.717) is 5.02 Å². The molecule has 1 atom stereocenters. The summed E-state index contributed by atoms with van der Waals surface area (Å²) in [5.41, 5.74) is 1.78. The summed E-state index contributed by atoms with van der Waals surface area (Å²) in [5.74, 6) is 0.348. The van der Waals surface area contributed by atoms with Gasteiger partial charge in [-0.1, -0.05) is 44.4 Å². The fourth-order valence-corrected chi connectivity index (χ4v) is 3.78. The molecular weight excluding hydrogens is 270 g/mol. The minimum absolute atomic E-state index is 0.0835. The number of benzene rings is 1. The van der Waals surface area contributed by atoms with Gasteiger partial charge in [0.05, 0.1) is 5.02 Å². The van der Waals surface area contributed by atoms with Gasteiger partial charge >= 0.3 is 0 Å². The molecule has 0 radical (unpaired) electrons. The number of carbonyl (C=O) groups is 1.